The second kappa shape index (κ2) is 4.81. The summed E-state index contributed by atoms with van der Waals surface area (Å²) < 4.78 is 10.7. The van der Waals surface area contributed by atoms with Crippen LogP contribution in [-0.2, 0) is 0 Å². The second-order valence-electron chi connectivity index (χ2n) is 4.47. The second-order valence-corrected chi connectivity index (χ2v) is 4.47. The summed E-state index contributed by atoms with van der Waals surface area (Å²) in [5, 5.41) is 11.0. The Hall–Kier alpha value is -2.62. The topological polar surface area (TPSA) is 54.5 Å². The number of phenols is 1. The predicted octanol–water partition coefficient (Wildman–Crippen LogP) is 3.56. The van der Waals surface area contributed by atoms with Crippen LogP contribution in [0.15, 0.2) is 42.6 Å². The number of benzene rings is 2. The van der Waals surface area contributed by atoms with E-state index in [9.17, 15) is 5.11 Å². The third kappa shape index (κ3) is 1.86. The van der Waals surface area contributed by atoms with Crippen molar-refractivity contribution in [1.82, 2.24) is 4.98 Å². The van der Waals surface area contributed by atoms with Gasteiger partial charge in [0.15, 0.2) is 0 Å². The number of methoxy groups -OCH3 is 2. The lowest BCUT2D eigenvalue weighted by molar-refractivity contribution is 0.398. The molecule has 0 aliphatic rings. The molecule has 0 aliphatic carbocycles. The summed E-state index contributed by atoms with van der Waals surface area (Å²) in [5.41, 5.74) is 2.57. The maximum absolute atomic E-state index is 10.0. The summed E-state index contributed by atoms with van der Waals surface area (Å²) >= 11 is 0. The minimum absolute atomic E-state index is 0.242. The fraction of sp³-hybridized carbons (Fsp3) is 0.125. The minimum Gasteiger partial charge on any atom is -0.507 e. The number of fused-ring (bicyclic) bond motifs is 1. The molecule has 1 heterocycles. The SMILES string of the molecule is COc1cc(OC)c2c(-c3ccccc3O)c[nH]c2c1. The van der Waals surface area contributed by atoms with Crippen molar-refractivity contribution in [1.29, 1.82) is 0 Å². The van der Waals surface area contributed by atoms with E-state index in [4.69, 9.17) is 9.47 Å². The normalized spacial score (nSPS) is 10.7. The fourth-order valence-corrected chi connectivity index (χ4v) is 2.40. The third-order valence-corrected chi connectivity index (χ3v) is 3.37. The Morgan fingerprint density at radius 1 is 1.00 bits per heavy atom. The van der Waals surface area contributed by atoms with Crippen molar-refractivity contribution in [2.24, 2.45) is 0 Å². The van der Waals surface area contributed by atoms with Gasteiger partial charge < -0.3 is 19.6 Å². The zero-order valence-electron chi connectivity index (χ0n) is 11.3. The van der Waals surface area contributed by atoms with Gasteiger partial charge in [0.25, 0.3) is 0 Å². The Labute approximate surface area is 116 Å². The molecule has 0 radical (unpaired) electrons. The smallest absolute Gasteiger partial charge is 0.132 e. The molecular formula is C16H15NO3. The van der Waals surface area contributed by atoms with E-state index in [2.05, 4.69) is 4.98 Å². The molecular weight excluding hydrogens is 254 g/mol. The molecule has 4 heteroatoms. The molecule has 3 rings (SSSR count). The van der Waals surface area contributed by atoms with Crippen molar-refractivity contribution < 1.29 is 14.6 Å². The monoisotopic (exact) mass is 269 g/mol. The van der Waals surface area contributed by atoms with Crippen molar-refractivity contribution in [3.8, 4) is 28.4 Å². The van der Waals surface area contributed by atoms with E-state index >= 15 is 0 Å². The van der Waals surface area contributed by atoms with E-state index in [-0.39, 0.29) is 5.75 Å². The molecule has 0 saturated carbocycles. The molecule has 1 aromatic heterocycles. The van der Waals surface area contributed by atoms with Crippen LogP contribution in [0.25, 0.3) is 22.0 Å². The molecule has 0 unspecified atom stereocenters. The highest BCUT2D eigenvalue weighted by Crippen LogP contribution is 2.40. The minimum atomic E-state index is 0.242. The van der Waals surface area contributed by atoms with Crippen LogP contribution >= 0.6 is 0 Å². The molecule has 0 aliphatic heterocycles. The number of H-pyrrole nitrogens is 1. The largest absolute Gasteiger partial charge is 0.507 e. The number of hydrogen-bond donors (Lipinski definition) is 2. The Morgan fingerprint density at radius 2 is 1.80 bits per heavy atom. The summed E-state index contributed by atoms with van der Waals surface area (Å²) in [6.45, 7) is 0. The van der Waals surface area contributed by atoms with Crippen molar-refractivity contribution in [3.05, 3.63) is 42.6 Å². The van der Waals surface area contributed by atoms with E-state index in [1.807, 2.05) is 30.5 Å². The first-order chi connectivity index (χ1) is 9.74. The molecule has 0 spiro atoms. The average Bonchev–Trinajstić information content (AvgIpc) is 2.90. The van der Waals surface area contributed by atoms with Gasteiger partial charge in [0.05, 0.1) is 19.7 Å². The lowest BCUT2D eigenvalue weighted by Crippen LogP contribution is -1.88. The number of para-hydroxylation sites is 1. The van der Waals surface area contributed by atoms with Gasteiger partial charge in [0.2, 0.25) is 0 Å². The standard InChI is InChI=1S/C16H15NO3/c1-19-10-7-13-16(15(8-10)20-2)12(9-17-13)11-5-3-4-6-14(11)18/h3-9,17-18H,1-2H3. The van der Waals surface area contributed by atoms with E-state index in [1.54, 1.807) is 26.4 Å². The Morgan fingerprint density at radius 3 is 2.50 bits per heavy atom. The maximum Gasteiger partial charge on any atom is 0.132 e. The quantitative estimate of drug-likeness (QED) is 0.764. The molecule has 0 amide bonds. The highest BCUT2D eigenvalue weighted by atomic mass is 16.5. The zero-order chi connectivity index (χ0) is 14.1. The molecule has 2 aromatic carbocycles. The summed E-state index contributed by atoms with van der Waals surface area (Å²) in [6.07, 6.45) is 1.86. The van der Waals surface area contributed by atoms with Crippen molar-refractivity contribution in [2.75, 3.05) is 14.2 Å². The molecule has 0 bridgehead atoms. The Kier molecular flexibility index (Phi) is 2.99. The van der Waals surface area contributed by atoms with Gasteiger partial charge in [-0.05, 0) is 6.07 Å². The van der Waals surface area contributed by atoms with Crippen LogP contribution in [0.3, 0.4) is 0 Å². The van der Waals surface area contributed by atoms with Gasteiger partial charge >= 0.3 is 0 Å². The van der Waals surface area contributed by atoms with Gasteiger partial charge in [-0.3, -0.25) is 0 Å². The molecule has 20 heavy (non-hydrogen) atoms. The van der Waals surface area contributed by atoms with Crippen molar-refractivity contribution in [3.63, 3.8) is 0 Å². The van der Waals surface area contributed by atoms with Crippen LogP contribution in [0.1, 0.15) is 0 Å². The van der Waals surface area contributed by atoms with Crippen molar-refractivity contribution in [2.45, 2.75) is 0 Å². The number of rotatable bonds is 3. The van der Waals surface area contributed by atoms with Crippen LogP contribution in [0.5, 0.6) is 17.2 Å². The van der Waals surface area contributed by atoms with Gasteiger partial charge in [-0.1, -0.05) is 18.2 Å². The van der Waals surface area contributed by atoms with Gasteiger partial charge in [0, 0.05) is 34.8 Å². The maximum atomic E-state index is 10.0. The van der Waals surface area contributed by atoms with Crippen LogP contribution in [0.2, 0.25) is 0 Å². The van der Waals surface area contributed by atoms with Gasteiger partial charge in [-0.2, -0.15) is 0 Å². The lowest BCUT2D eigenvalue weighted by atomic mass is 10.0. The first kappa shape index (κ1) is 12.4. The summed E-state index contributed by atoms with van der Waals surface area (Å²) in [5.74, 6) is 1.67. The van der Waals surface area contributed by atoms with Crippen molar-refractivity contribution >= 4 is 10.9 Å². The van der Waals surface area contributed by atoms with Crippen LogP contribution < -0.4 is 9.47 Å². The van der Waals surface area contributed by atoms with Gasteiger partial charge in [0.1, 0.15) is 17.2 Å². The van der Waals surface area contributed by atoms with Crippen LogP contribution in [0, 0.1) is 0 Å². The highest BCUT2D eigenvalue weighted by molar-refractivity contribution is 6.01. The van der Waals surface area contributed by atoms with Crippen LogP contribution in [-0.4, -0.2) is 24.3 Å². The van der Waals surface area contributed by atoms with E-state index in [0.29, 0.717) is 5.75 Å². The number of hydrogen-bond acceptors (Lipinski definition) is 3. The number of aromatic nitrogens is 1. The summed E-state index contributed by atoms with van der Waals surface area (Å²) in [4.78, 5) is 3.19. The summed E-state index contributed by atoms with van der Waals surface area (Å²) in [6, 6.07) is 11.0. The number of nitrogens with one attached hydrogen (secondary N) is 1. The molecule has 3 aromatic rings. The predicted molar refractivity (Wildman–Crippen MR) is 78.5 cm³/mol. The molecule has 0 atom stereocenters. The number of phenolic OH excluding ortho intramolecular Hbond substituents is 1. The molecule has 102 valence electrons. The molecule has 0 saturated heterocycles. The van der Waals surface area contributed by atoms with E-state index < -0.39 is 0 Å². The highest BCUT2D eigenvalue weighted by Gasteiger charge is 2.15. The fourth-order valence-electron chi connectivity index (χ4n) is 2.40. The van der Waals surface area contributed by atoms with E-state index in [0.717, 1.165) is 27.8 Å². The number of aromatic hydroxyl groups is 1. The Balaban J connectivity index is 2.31. The lowest BCUT2D eigenvalue weighted by Gasteiger charge is -2.08. The molecule has 2 N–H and O–H groups in total. The molecule has 4 nitrogen and oxygen atoms in total. The zero-order valence-corrected chi connectivity index (χ0v) is 11.3. The van der Waals surface area contributed by atoms with Gasteiger partial charge in [-0.25, -0.2) is 0 Å². The van der Waals surface area contributed by atoms with Crippen LogP contribution in [0.4, 0.5) is 0 Å². The number of aromatic amines is 1. The first-order valence-electron chi connectivity index (χ1n) is 6.26. The Bertz CT molecular complexity index is 762. The average molecular weight is 269 g/mol. The third-order valence-electron chi connectivity index (χ3n) is 3.37. The van der Waals surface area contributed by atoms with E-state index in [1.165, 1.54) is 0 Å². The number of ether oxygens (including phenoxy) is 2. The summed E-state index contributed by atoms with van der Waals surface area (Å²) in [7, 11) is 3.24. The van der Waals surface area contributed by atoms with Gasteiger partial charge in [-0.15, -0.1) is 0 Å². The molecule has 0 fully saturated rings. The first-order valence-corrected chi connectivity index (χ1v) is 6.26.